The molecule has 6 nitrogen and oxygen atoms in total. The standard InChI is InChI=1S/C16H14N6/c1-22-11-13(16(21-22)12-5-3-2-4-6-12)10-18-15-8-7-14(9-17)19-20-15/h2-8,11H,10H2,1H3,(H,18,20). The van der Waals surface area contributed by atoms with Crippen LogP contribution in [0.1, 0.15) is 11.3 Å². The van der Waals surface area contributed by atoms with E-state index in [2.05, 4.69) is 20.6 Å². The summed E-state index contributed by atoms with van der Waals surface area (Å²) in [5.41, 5.74) is 3.39. The van der Waals surface area contributed by atoms with Crippen molar-refractivity contribution in [2.24, 2.45) is 7.05 Å². The minimum Gasteiger partial charge on any atom is -0.364 e. The van der Waals surface area contributed by atoms with Crippen molar-refractivity contribution in [2.45, 2.75) is 6.54 Å². The van der Waals surface area contributed by atoms with E-state index in [-0.39, 0.29) is 0 Å². The van der Waals surface area contributed by atoms with Crippen molar-refractivity contribution in [3.63, 3.8) is 0 Å². The van der Waals surface area contributed by atoms with E-state index in [1.54, 1.807) is 16.8 Å². The van der Waals surface area contributed by atoms with Gasteiger partial charge in [-0.15, -0.1) is 10.2 Å². The van der Waals surface area contributed by atoms with Crippen molar-refractivity contribution >= 4 is 5.82 Å². The van der Waals surface area contributed by atoms with E-state index < -0.39 is 0 Å². The average Bonchev–Trinajstić information content (AvgIpc) is 2.95. The Hall–Kier alpha value is -3.20. The van der Waals surface area contributed by atoms with Gasteiger partial charge in [-0.05, 0) is 12.1 Å². The van der Waals surface area contributed by atoms with Gasteiger partial charge in [0.15, 0.2) is 5.69 Å². The highest BCUT2D eigenvalue weighted by Crippen LogP contribution is 2.22. The molecule has 0 saturated heterocycles. The van der Waals surface area contributed by atoms with Crippen LogP contribution in [-0.4, -0.2) is 20.0 Å². The van der Waals surface area contributed by atoms with Gasteiger partial charge in [-0.1, -0.05) is 30.3 Å². The van der Waals surface area contributed by atoms with E-state index in [0.717, 1.165) is 16.8 Å². The minimum atomic E-state index is 0.303. The zero-order valence-corrected chi connectivity index (χ0v) is 12.1. The fourth-order valence-corrected chi connectivity index (χ4v) is 2.18. The van der Waals surface area contributed by atoms with Crippen molar-refractivity contribution in [2.75, 3.05) is 5.32 Å². The molecule has 3 rings (SSSR count). The van der Waals surface area contributed by atoms with Crippen molar-refractivity contribution in [1.82, 2.24) is 20.0 Å². The molecule has 3 aromatic rings. The largest absolute Gasteiger partial charge is 0.364 e. The zero-order chi connectivity index (χ0) is 15.4. The second-order valence-electron chi connectivity index (χ2n) is 4.81. The molecule has 0 spiro atoms. The van der Waals surface area contributed by atoms with E-state index in [9.17, 15) is 0 Å². The molecule has 1 N–H and O–H groups in total. The molecule has 1 aromatic carbocycles. The van der Waals surface area contributed by atoms with Crippen LogP contribution in [0.3, 0.4) is 0 Å². The lowest BCUT2D eigenvalue weighted by Crippen LogP contribution is -2.03. The van der Waals surface area contributed by atoms with Gasteiger partial charge in [0.1, 0.15) is 11.9 Å². The summed E-state index contributed by atoms with van der Waals surface area (Å²) >= 11 is 0. The van der Waals surface area contributed by atoms with Crippen molar-refractivity contribution in [3.05, 3.63) is 59.9 Å². The monoisotopic (exact) mass is 290 g/mol. The normalized spacial score (nSPS) is 10.2. The second kappa shape index (κ2) is 6.06. The number of nitriles is 1. The third kappa shape index (κ3) is 2.94. The molecule has 0 amide bonds. The first-order valence-electron chi connectivity index (χ1n) is 6.82. The first kappa shape index (κ1) is 13.8. The maximum absolute atomic E-state index is 8.72. The third-order valence-electron chi connectivity index (χ3n) is 3.19. The number of hydrogen-bond acceptors (Lipinski definition) is 5. The second-order valence-corrected chi connectivity index (χ2v) is 4.81. The van der Waals surface area contributed by atoms with Gasteiger partial charge in [0.2, 0.25) is 0 Å². The summed E-state index contributed by atoms with van der Waals surface area (Å²) in [7, 11) is 1.90. The Morgan fingerprint density at radius 1 is 1.14 bits per heavy atom. The number of rotatable bonds is 4. The van der Waals surface area contributed by atoms with Gasteiger partial charge in [-0.25, -0.2) is 0 Å². The number of benzene rings is 1. The van der Waals surface area contributed by atoms with Gasteiger partial charge < -0.3 is 5.32 Å². The summed E-state index contributed by atoms with van der Waals surface area (Å²) in [6.45, 7) is 0.582. The van der Waals surface area contributed by atoms with Gasteiger partial charge >= 0.3 is 0 Å². The van der Waals surface area contributed by atoms with E-state index >= 15 is 0 Å². The SMILES string of the molecule is Cn1cc(CNc2ccc(C#N)nn2)c(-c2ccccc2)n1. The number of hydrogen-bond donors (Lipinski definition) is 1. The van der Waals surface area contributed by atoms with Crippen molar-refractivity contribution < 1.29 is 0 Å². The summed E-state index contributed by atoms with van der Waals surface area (Å²) in [5, 5.41) is 24.2. The van der Waals surface area contributed by atoms with Crippen LogP contribution in [-0.2, 0) is 13.6 Å². The van der Waals surface area contributed by atoms with Crippen molar-refractivity contribution in [3.8, 4) is 17.3 Å². The fourth-order valence-electron chi connectivity index (χ4n) is 2.18. The Morgan fingerprint density at radius 3 is 2.64 bits per heavy atom. The Balaban J connectivity index is 1.79. The van der Waals surface area contributed by atoms with E-state index in [1.807, 2.05) is 49.6 Å². The lowest BCUT2D eigenvalue weighted by Gasteiger charge is -2.05. The maximum atomic E-state index is 8.72. The molecule has 0 fully saturated rings. The quantitative estimate of drug-likeness (QED) is 0.798. The Morgan fingerprint density at radius 2 is 1.95 bits per heavy atom. The molecule has 0 atom stereocenters. The van der Waals surface area contributed by atoms with Crippen molar-refractivity contribution in [1.29, 1.82) is 5.26 Å². The molecule has 0 bridgehead atoms. The molecular formula is C16H14N6. The maximum Gasteiger partial charge on any atom is 0.163 e. The number of anilines is 1. The zero-order valence-electron chi connectivity index (χ0n) is 12.1. The summed E-state index contributed by atoms with van der Waals surface area (Å²) in [6, 6.07) is 15.4. The van der Waals surface area contributed by atoms with E-state index in [1.165, 1.54) is 0 Å². The fraction of sp³-hybridized carbons (Fsp3) is 0.125. The van der Waals surface area contributed by atoms with Gasteiger partial charge in [0, 0.05) is 30.9 Å². The van der Waals surface area contributed by atoms with Crippen LogP contribution >= 0.6 is 0 Å². The number of nitrogens with zero attached hydrogens (tertiary/aromatic N) is 5. The molecule has 108 valence electrons. The Kier molecular flexibility index (Phi) is 3.79. The van der Waals surface area contributed by atoms with Crippen LogP contribution in [0, 0.1) is 11.3 Å². The van der Waals surface area contributed by atoms with Crippen LogP contribution in [0.15, 0.2) is 48.7 Å². The molecular weight excluding hydrogens is 276 g/mol. The highest BCUT2D eigenvalue weighted by Gasteiger charge is 2.10. The molecule has 2 heterocycles. The number of nitrogens with one attached hydrogen (secondary N) is 1. The first-order chi connectivity index (χ1) is 10.8. The average molecular weight is 290 g/mol. The summed E-state index contributed by atoms with van der Waals surface area (Å²) < 4.78 is 1.80. The molecule has 22 heavy (non-hydrogen) atoms. The minimum absolute atomic E-state index is 0.303. The molecule has 0 unspecified atom stereocenters. The van der Waals surface area contributed by atoms with E-state index in [4.69, 9.17) is 5.26 Å². The summed E-state index contributed by atoms with van der Waals surface area (Å²) in [4.78, 5) is 0. The third-order valence-corrected chi connectivity index (χ3v) is 3.19. The first-order valence-corrected chi connectivity index (χ1v) is 6.82. The predicted molar refractivity (Wildman–Crippen MR) is 82.7 cm³/mol. The molecule has 0 aliphatic rings. The van der Waals surface area contributed by atoms with Crippen LogP contribution in [0.4, 0.5) is 5.82 Å². The Bertz CT molecular complexity index is 799. The van der Waals surface area contributed by atoms with Gasteiger partial charge in [0.05, 0.1) is 5.69 Å². The number of aryl methyl sites for hydroxylation is 1. The lowest BCUT2D eigenvalue weighted by molar-refractivity contribution is 0.770. The summed E-state index contributed by atoms with van der Waals surface area (Å²) in [5.74, 6) is 0.627. The van der Waals surface area contributed by atoms with Crippen LogP contribution in [0.25, 0.3) is 11.3 Å². The summed E-state index contributed by atoms with van der Waals surface area (Å²) in [6.07, 6.45) is 1.98. The Labute approximate surface area is 128 Å². The molecule has 0 aliphatic heterocycles. The molecule has 0 aliphatic carbocycles. The number of aromatic nitrogens is 4. The van der Waals surface area contributed by atoms with Gasteiger partial charge in [0.25, 0.3) is 0 Å². The predicted octanol–water partition coefficient (Wildman–Crippen LogP) is 2.36. The van der Waals surface area contributed by atoms with Crippen LogP contribution in [0.5, 0.6) is 0 Å². The van der Waals surface area contributed by atoms with Crippen LogP contribution in [0.2, 0.25) is 0 Å². The van der Waals surface area contributed by atoms with E-state index in [0.29, 0.717) is 18.1 Å². The molecule has 0 radical (unpaired) electrons. The lowest BCUT2D eigenvalue weighted by atomic mass is 10.1. The smallest absolute Gasteiger partial charge is 0.163 e. The molecule has 6 heteroatoms. The molecule has 2 aromatic heterocycles. The molecule has 0 saturated carbocycles. The topological polar surface area (TPSA) is 79.4 Å². The highest BCUT2D eigenvalue weighted by atomic mass is 15.3. The van der Waals surface area contributed by atoms with Gasteiger partial charge in [-0.2, -0.15) is 10.4 Å². The highest BCUT2D eigenvalue weighted by molar-refractivity contribution is 5.63. The van der Waals surface area contributed by atoms with Crippen LogP contribution < -0.4 is 5.32 Å². The van der Waals surface area contributed by atoms with Gasteiger partial charge in [-0.3, -0.25) is 4.68 Å².